The van der Waals surface area contributed by atoms with Crippen LogP contribution in [0.25, 0.3) is 10.6 Å². The maximum atomic E-state index is 12.6. The summed E-state index contributed by atoms with van der Waals surface area (Å²) in [4.78, 5) is 11.1. The second kappa shape index (κ2) is 4.13. The zero-order valence-electron chi connectivity index (χ0n) is 9.02. The van der Waals surface area contributed by atoms with E-state index in [1.807, 2.05) is 0 Å². The highest BCUT2D eigenvalue weighted by Crippen LogP contribution is 2.33. The van der Waals surface area contributed by atoms with E-state index in [1.165, 1.54) is 19.2 Å². The summed E-state index contributed by atoms with van der Waals surface area (Å²) in [6.07, 6.45) is -4.48. The number of aromatic carboxylic acids is 1. The molecule has 0 aliphatic heterocycles. The Labute approximate surface area is 103 Å². The summed E-state index contributed by atoms with van der Waals surface area (Å²) < 4.78 is 38.4. The summed E-state index contributed by atoms with van der Waals surface area (Å²) in [7, 11) is 1.19. The number of carbonyl (C=O) groups is 1. The van der Waals surface area contributed by atoms with Gasteiger partial charge in [0.1, 0.15) is 16.3 Å². The van der Waals surface area contributed by atoms with Crippen molar-refractivity contribution in [3.05, 3.63) is 28.8 Å². The minimum Gasteiger partial charge on any atom is -0.477 e. The van der Waals surface area contributed by atoms with Gasteiger partial charge in [0, 0.05) is 7.05 Å². The standard InChI is InChI=1S/C10H7F3N2O2S/c1-15-8(10(11,12)13)4-5(14-15)6-2-3-7(18-6)9(16)17/h2-4H,1H3,(H,16,17). The number of thiophene rings is 1. The van der Waals surface area contributed by atoms with Crippen molar-refractivity contribution >= 4 is 17.3 Å². The average Bonchev–Trinajstić information content (AvgIpc) is 2.81. The Hall–Kier alpha value is -1.83. The third-order valence-corrected chi connectivity index (χ3v) is 3.34. The lowest BCUT2D eigenvalue weighted by atomic mass is 10.3. The Kier molecular flexibility index (Phi) is 2.89. The molecule has 0 saturated heterocycles. The molecule has 0 aliphatic rings. The minimum absolute atomic E-state index is 0.0595. The molecule has 0 saturated carbocycles. The molecule has 0 amide bonds. The Bertz CT molecular complexity index is 601. The van der Waals surface area contributed by atoms with E-state index in [1.54, 1.807) is 0 Å². The van der Waals surface area contributed by atoms with Gasteiger partial charge in [0.15, 0.2) is 0 Å². The van der Waals surface area contributed by atoms with Gasteiger partial charge in [0.2, 0.25) is 0 Å². The number of hydrogen-bond acceptors (Lipinski definition) is 3. The van der Waals surface area contributed by atoms with Crippen LogP contribution in [0.2, 0.25) is 0 Å². The largest absolute Gasteiger partial charge is 0.477 e. The number of aryl methyl sites for hydroxylation is 1. The third kappa shape index (κ3) is 2.23. The summed E-state index contributed by atoms with van der Waals surface area (Å²) in [5.41, 5.74) is -0.759. The summed E-state index contributed by atoms with van der Waals surface area (Å²) >= 11 is 0.884. The normalized spacial score (nSPS) is 11.8. The van der Waals surface area contributed by atoms with Crippen LogP contribution in [-0.2, 0) is 13.2 Å². The van der Waals surface area contributed by atoms with Gasteiger partial charge in [-0.05, 0) is 18.2 Å². The molecule has 0 bridgehead atoms. The Morgan fingerprint density at radius 3 is 2.56 bits per heavy atom. The van der Waals surface area contributed by atoms with Crippen molar-refractivity contribution in [2.45, 2.75) is 6.18 Å². The molecule has 0 spiro atoms. The van der Waals surface area contributed by atoms with Gasteiger partial charge in [-0.2, -0.15) is 18.3 Å². The van der Waals surface area contributed by atoms with Gasteiger partial charge < -0.3 is 5.11 Å². The summed E-state index contributed by atoms with van der Waals surface area (Å²) in [5.74, 6) is -1.11. The highest BCUT2D eigenvalue weighted by molar-refractivity contribution is 7.17. The van der Waals surface area contributed by atoms with Crippen LogP contribution >= 0.6 is 11.3 Å². The van der Waals surface area contributed by atoms with E-state index in [-0.39, 0.29) is 10.6 Å². The number of halogens is 3. The van der Waals surface area contributed by atoms with Gasteiger partial charge in [0.05, 0.1) is 4.88 Å². The predicted molar refractivity (Wildman–Crippen MR) is 58.5 cm³/mol. The molecule has 96 valence electrons. The average molecular weight is 276 g/mol. The molecular weight excluding hydrogens is 269 g/mol. The van der Waals surface area contributed by atoms with E-state index >= 15 is 0 Å². The number of aromatic nitrogens is 2. The molecule has 0 aromatic carbocycles. The van der Waals surface area contributed by atoms with Gasteiger partial charge in [-0.25, -0.2) is 4.79 Å². The molecule has 0 fully saturated rings. The molecule has 18 heavy (non-hydrogen) atoms. The highest BCUT2D eigenvalue weighted by atomic mass is 32.1. The molecule has 4 nitrogen and oxygen atoms in total. The van der Waals surface area contributed by atoms with Crippen molar-refractivity contribution < 1.29 is 23.1 Å². The van der Waals surface area contributed by atoms with Crippen molar-refractivity contribution in [3.8, 4) is 10.6 Å². The summed E-state index contributed by atoms with van der Waals surface area (Å²) in [6.45, 7) is 0. The fraction of sp³-hybridized carbons (Fsp3) is 0.200. The van der Waals surface area contributed by atoms with Crippen LogP contribution in [0.1, 0.15) is 15.4 Å². The first-order valence-corrected chi connectivity index (χ1v) is 5.55. The topological polar surface area (TPSA) is 55.1 Å². The van der Waals surface area contributed by atoms with Gasteiger partial charge in [-0.15, -0.1) is 11.3 Å². The number of carboxylic acids is 1. The fourth-order valence-corrected chi connectivity index (χ4v) is 2.24. The maximum absolute atomic E-state index is 12.6. The quantitative estimate of drug-likeness (QED) is 0.917. The lowest BCUT2D eigenvalue weighted by Gasteiger charge is -2.04. The fourth-order valence-electron chi connectivity index (χ4n) is 1.44. The highest BCUT2D eigenvalue weighted by Gasteiger charge is 2.35. The molecule has 2 rings (SSSR count). The lowest BCUT2D eigenvalue weighted by Crippen LogP contribution is -2.11. The van der Waals surface area contributed by atoms with Gasteiger partial charge in [0.25, 0.3) is 0 Å². The number of nitrogens with zero attached hydrogens (tertiary/aromatic N) is 2. The molecule has 8 heteroatoms. The second-order valence-electron chi connectivity index (χ2n) is 3.51. The molecule has 1 N–H and O–H groups in total. The van der Waals surface area contributed by atoms with E-state index in [2.05, 4.69) is 5.10 Å². The molecule has 0 unspecified atom stereocenters. The van der Waals surface area contributed by atoms with Crippen LogP contribution in [0.5, 0.6) is 0 Å². The van der Waals surface area contributed by atoms with Crippen LogP contribution < -0.4 is 0 Å². The van der Waals surface area contributed by atoms with Crippen molar-refractivity contribution in [2.24, 2.45) is 7.05 Å². The first-order chi connectivity index (χ1) is 8.29. The lowest BCUT2D eigenvalue weighted by molar-refractivity contribution is -0.143. The van der Waals surface area contributed by atoms with E-state index < -0.39 is 17.8 Å². The summed E-state index contributed by atoms with van der Waals surface area (Å²) in [5, 5.41) is 12.5. The number of rotatable bonds is 2. The third-order valence-electron chi connectivity index (χ3n) is 2.24. The monoisotopic (exact) mass is 276 g/mol. The van der Waals surface area contributed by atoms with Crippen LogP contribution in [-0.4, -0.2) is 20.9 Å². The number of carboxylic acid groups (broad SMARTS) is 1. The van der Waals surface area contributed by atoms with Gasteiger partial charge in [-0.1, -0.05) is 0 Å². The Morgan fingerprint density at radius 2 is 2.11 bits per heavy atom. The van der Waals surface area contributed by atoms with Gasteiger partial charge >= 0.3 is 12.1 Å². The smallest absolute Gasteiger partial charge is 0.433 e. The zero-order valence-corrected chi connectivity index (χ0v) is 9.84. The van der Waals surface area contributed by atoms with Crippen molar-refractivity contribution in [1.29, 1.82) is 0 Å². The Morgan fingerprint density at radius 1 is 1.44 bits per heavy atom. The van der Waals surface area contributed by atoms with Crippen LogP contribution in [0.4, 0.5) is 13.2 Å². The van der Waals surface area contributed by atoms with E-state index in [4.69, 9.17) is 5.11 Å². The van der Waals surface area contributed by atoms with E-state index in [0.717, 1.165) is 22.1 Å². The SMILES string of the molecule is Cn1nc(-c2ccc(C(=O)O)s2)cc1C(F)(F)F. The number of alkyl halides is 3. The van der Waals surface area contributed by atoms with Crippen LogP contribution in [0.15, 0.2) is 18.2 Å². The zero-order chi connectivity index (χ0) is 13.5. The minimum atomic E-state index is -4.48. The molecule has 0 radical (unpaired) electrons. The van der Waals surface area contributed by atoms with Crippen molar-refractivity contribution in [3.63, 3.8) is 0 Å². The van der Waals surface area contributed by atoms with E-state index in [9.17, 15) is 18.0 Å². The molecule has 2 heterocycles. The second-order valence-corrected chi connectivity index (χ2v) is 4.59. The molecule has 0 atom stereocenters. The summed E-state index contributed by atoms with van der Waals surface area (Å²) in [6, 6.07) is 3.68. The van der Waals surface area contributed by atoms with E-state index in [0.29, 0.717) is 4.88 Å². The van der Waals surface area contributed by atoms with Crippen molar-refractivity contribution in [1.82, 2.24) is 9.78 Å². The van der Waals surface area contributed by atoms with Crippen LogP contribution in [0, 0.1) is 0 Å². The molecule has 2 aromatic heterocycles. The molecular formula is C10H7F3N2O2S. The first-order valence-electron chi connectivity index (χ1n) is 4.74. The Balaban J connectivity index is 2.42. The van der Waals surface area contributed by atoms with Crippen LogP contribution in [0.3, 0.4) is 0 Å². The first kappa shape index (κ1) is 12.6. The number of hydrogen-bond donors (Lipinski definition) is 1. The maximum Gasteiger partial charge on any atom is 0.433 e. The molecule has 0 aliphatic carbocycles. The van der Waals surface area contributed by atoms with Crippen molar-refractivity contribution in [2.75, 3.05) is 0 Å². The predicted octanol–water partition coefficient (Wildman–Crippen LogP) is 2.87. The molecule has 2 aromatic rings. The van der Waals surface area contributed by atoms with Gasteiger partial charge in [-0.3, -0.25) is 4.68 Å².